The molecule has 3 N–H and O–H groups in total. The third-order valence-electron chi connectivity index (χ3n) is 2.40. The van der Waals surface area contributed by atoms with Crippen LogP contribution >= 0.6 is 0 Å². The molecule has 64 valence electrons. The first kappa shape index (κ1) is 7.62. The Balaban J connectivity index is 2.33. The molecular formula is C10H14N2. The lowest BCUT2D eigenvalue weighted by Crippen LogP contribution is -2.24. The second-order valence-electron chi connectivity index (χ2n) is 3.15. The minimum atomic E-state index is 0.658. The molecule has 2 heteroatoms. The number of nitrogens with one attached hydrogen (secondary N) is 1. The molecule has 12 heavy (non-hydrogen) atoms. The summed E-state index contributed by atoms with van der Waals surface area (Å²) in [6.07, 6.45) is 8.88. The van der Waals surface area contributed by atoms with E-state index < -0.39 is 0 Å². The Morgan fingerprint density at radius 2 is 2.42 bits per heavy atom. The van der Waals surface area contributed by atoms with Crippen molar-refractivity contribution < 1.29 is 0 Å². The van der Waals surface area contributed by atoms with Crippen molar-refractivity contribution in [3.63, 3.8) is 0 Å². The maximum atomic E-state index is 5.65. The van der Waals surface area contributed by atoms with Crippen molar-refractivity contribution in [3.8, 4) is 0 Å². The Bertz CT molecular complexity index is 268. The van der Waals surface area contributed by atoms with E-state index in [-0.39, 0.29) is 0 Å². The van der Waals surface area contributed by atoms with Gasteiger partial charge in [0.25, 0.3) is 0 Å². The maximum Gasteiger partial charge on any atom is 0.0334 e. The maximum absolute atomic E-state index is 5.65. The predicted molar refractivity (Wildman–Crippen MR) is 50.5 cm³/mol. The highest BCUT2D eigenvalue weighted by molar-refractivity contribution is 5.47. The van der Waals surface area contributed by atoms with Gasteiger partial charge in [-0.15, -0.1) is 0 Å². The van der Waals surface area contributed by atoms with Gasteiger partial charge in [-0.25, -0.2) is 0 Å². The van der Waals surface area contributed by atoms with E-state index in [2.05, 4.69) is 23.5 Å². The van der Waals surface area contributed by atoms with Gasteiger partial charge in [-0.05, 0) is 24.0 Å². The third-order valence-corrected chi connectivity index (χ3v) is 2.40. The fraction of sp³-hybridized carbons (Fsp3) is 0.400. The third kappa shape index (κ3) is 1.18. The monoisotopic (exact) mass is 162 g/mol. The van der Waals surface area contributed by atoms with E-state index in [0.29, 0.717) is 6.54 Å². The number of rotatable bonds is 1. The van der Waals surface area contributed by atoms with Gasteiger partial charge in [0.2, 0.25) is 0 Å². The van der Waals surface area contributed by atoms with E-state index in [1.165, 1.54) is 16.8 Å². The quantitative estimate of drug-likeness (QED) is 0.605. The molecule has 2 nitrogen and oxygen atoms in total. The van der Waals surface area contributed by atoms with Crippen LogP contribution in [0.5, 0.6) is 0 Å². The minimum Gasteiger partial charge on any atom is -0.384 e. The van der Waals surface area contributed by atoms with Gasteiger partial charge < -0.3 is 11.1 Å². The fourth-order valence-corrected chi connectivity index (χ4v) is 1.75. The fourth-order valence-electron chi connectivity index (χ4n) is 1.75. The van der Waals surface area contributed by atoms with Crippen molar-refractivity contribution in [3.05, 3.63) is 35.1 Å². The van der Waals surface area contributed by atoms with Gasteiger partial charge >= 0.3 is 0 Å². The molecule has 0 radical (unpaired) electrons. The van der Waals surface area contributed by atoms with Crippen LogP contribution in [-0.2, 0) is 0 Å². The van der Waals surface area contributed by atoms with E-state index in [0.717, 1.165) is 19.4 Å². The molecule has 1 aliphatic carbocycles. The van der Waals surface area contributed by atoms with Crippen LogP contribution in [0.15, 0.2) is 35.1 Å². The van der Waals surface area contributed by atoms with Crippen LogP contribution < -0.4 is 11.1 Å². The molecule has 2 rings (SSSR count). The first-order chi connectivity index (χ1) is 5.92. The van der Waals surface area contributed by atoms with Crippen molar-refractivity contribution in [2.75, 3.05) is 13.1 Å². The van der Waals surface area contributed by atoms with Gasteiger partial charge in [0.05, 0.1) is 0 Å². The SMILES string of the molecule is NCC1=CCNC2=C1C=CCC2. The van der Waals surface area contributed by atoms with E-state index in [4.69, 9.17) is 5.73 Å². The summed E-state index contributed by atoms with van der Waals surface area (Å²) >= 11 is 0. The van der Waals surface area contributed by atoms with Crippen molar-refractivity contribution >= 4 is 0 Å². The Labute approximate surface area is 72.8 Å². The molecule has 0 unspecified atom stereocenters. The van der Waals surface area contributed by atoms with Crippen molar-refractivity contribution in [1.29, 1.82) is 0 Å². The lowest BCUT2D eigenvalue weighted by molar-refractivity contribution is 0.767. The molecule has 0 amide bonds. The molecule has 0 atom stereocenters. The van der Waals surface area contributed by atoms with E-state index in [9.17, 15) is 0 Å². The largest absolute Gasteiger partial charge is 0.384 e. The molecule has 0 fully saturated rings. The average Bonchev–Trinajstić information content (AvgIpc) is 2.17. The Morgan fingerprint density at radius 3 is 3.25 bits per heavy atom. The highest BCUT2D eigenvalue weighted by Crippen LogP contribution is 2.24. The summed E-state index contributed by atoms with van der Waals surface area (Å²) in [5.74, 6) is 0. The zero-order valence-electron chi connectivity index (χ0n) is 7.14. The lowest BCUT2D eigenvalue weighted by atomic mass is 9.94. The highest BCUT2D eigenvalue weighted by Gasteiger charge is 2.13. The van der Waals surface area contributed by atoms with Crippen LogP contribution in [0.1, 0.15) is 12.8 Å². The van der Waals surface area contributed by atoms with Crippen molar-refractivity contribution in [2.45, 2.75) is 12.8 Å². The molecule has 0 saturated heterocycles. The number of allylic oxidation sites excluding steroid dienone is 3. The number of nitrogens with two attached hydrogens (primary N) is 1. The van der Waals surface area contributed by atoms with Crippen LogP contribution in [0.4, 0.5) is 0 Å². The standard InChI is InChI=1S/C10H14N2/c11-7-8-5-6-12-10-4-2-1-3-9(8)10/h1,3,5,12H,2,4,6-7,11H2. The smallest absolute Gasteiger partial charge is 0.0334 e. The zero-order chi connectivity index (χ0) is 8.39. The average molecular weight is 162 g/mol. The van der Waals surface area contributed by atoms with Crippen LogP contribution in [0.25, 0.3) is 0 Å². The summed E-state index contributed by atoms with van der Waals surface area (Å²) in [4.78, 5) is 0. The number of dihydropyridines is 1. The molecule has 0 aromatic rings. The lowest BCUT2D eigenvalue weighted by Gasteiger charge is -2.23. The molecule has 0 aromatic heterocycles. The predicted octanol–water partition coefficient (Wildman–Crippen LogP) is 1.08. The Kier molecular flexibility index (Phi) is 2.00. The van der Waals surface area contributed by atoms with E-state index in [1.807, 2.05) is 0 Å². The first-order valence-corrected chi connectivity index (χ1v) is 4.45. The van der Waals surface area contributed by atoms with Crippen molar-refractivity contribution in [2.24, 2.45) is 5.73 Å². The van der Waals surface area contributed by atoms with Crippen LogP contribution in [-0.4, -0.2) is 13.1 Å². The summed E-state index contributed by atoms with van der Waals surface area (Å²) in [5.41, 5.74) is 9.64. The van der Waals surface area contributed by atoms with E-state index in [1.54, 1.807) is 0 Å². The molecule has 2 aliphatic rings. The van der Waals surface area contributed by atoms with Crippen LogP contribution in [0.3, 0.4) is 0 Å². The van der Waals surface area contributed by atoms with Gasteiger partial charge in [-0.1, -0.05) is 18.2 Å². The molecule has 0 bridgehead atoms. The van der Waals surface area contributed by atoms with Crippen LogP contribution in [0, 0.1) is 0 Å². The second kappa shape index (κ2) is 3.15. The summed E-state index contributed by atoms with van der Waals surface area (Å²) in [6, 6.07) is 0. The second-order valence-corrected chi connectivity index (χ2v) is 3.15. The van der Waals surface area contributed by atoms with Crippen molar-refractivity contribution in [1.82, 2.24) is 5.32 Å². The Morgan fingerprint density at radius 1 is 1.50 bits per heavy atom. The molecule has 0 aromatic carbocycles. The molecule has 0 saturated carbocycles. The number of hydrogen-bond donors (Lipinski definition) is 2. The zero-order valence-corrected chi connectivity index (χ0v) is 7.14. The van der Waals surface area contributed by atoms with E-state index >= 15 is 0 Å². The highest BCUT2D eigenvalue weighted by atomic mass is 14.9. The summed E-state index contributed by atoms with van der Waals surface area (Å²) < 4.78 is 0. The molecule has 1 aliphatic heterocycles. The van der Waals surface area contributed by atoms with Gasteiger partial charge in [0.15, 0.2) is 0 Å². The number of hydrogen-bond acceptors (Lipinski definition) is 2. The first-order valence-electron chi connectivity index (χ1n) is 4.45. The summed E-state index contributed by atoms with van der Waals surface area (Å²) in [7, 11) is 0. The topological polar surface area (TPSA) is 38.0 Å². The van der Waals surface area contributed by atoms with Gasteiger partial charge in [0.1, 0.15) is 0 Å². The van der Waals surface area contributed by atoms with Gasteiger partial charge in [-0.3, -0.25) is 0 Å². The van der Waals surface area contributed by atoms with Gasteiger partial charge in [0, 0.05) is 18.8 Å². The minimum absolute atomic E-state index is 0.658. The Hall–Kier alpha value is -1.02. The molecule has 1 heterocycles. The molecular weight excluding hydrogens is 148 g/mol. The van der Waals surface area contributed by atoms with Crippen LogP contribution in [0.2, 0.25) is 0 Å². The summed E-state index contributed by atoms with van der Waals surface area (Å²) in [5, 5.41) is 3.38. The van der Waals surface area contributed by atoms with Gasteiger partial charge in [-0.2, -0.15) is 0 Å². The normalized spacial score (nSPS) is 21.6. The molecule has 0 spiro atoms. The summed E-state index contributed by atoms with van der Waals surface area (Å²) in [6.45, 7) is 1.60.